The lowest BCUT2D eigenvalue weighted by Gasteiger charge is -2.19. The number of rotatable bonds is 7. The SMILES string of the molecule is COc1ccc(OC)c(C(C)NC(=O)c2ccc(C)c(NS(C)(=O)=O)c2)c1. The van der Waals surface area contributed by atoms with E-state index < -0.39 is 10.0 Å². The lowest BCUT2D eigenvalue weighted by Crippen LogP contribution is -2.27. The molecule has 0 saturated carbocycles. The molecule has 7 nitrogen and oxygen atoms in total. The second kappa shape index (κ2) is 8.30. The van der Waals surface area contributed by atoms with E-state index in [0.29, 0.717) is 22.7 Å². The summed E-state index contributed by atoms with van der Waals surface area (Å²) in [5.74, 6) is 0.956. The number of hydrogen-bond donors (Lipinski definition) is 2. The Bertz CT molecular complexity index is 941. The van der Waals surface area contributed by atoms with Gasteiger partial charge in [-0.15, -0.1) is 0 Å². The third kappa shape index (κ3) is 5.37. The Balaban J connectivity index is 2.26. The van der Waals surface area contributed by atoms with E-state index in [1.165, 1.54) is 6.07 Å². The third-order valence-electron chi connectivity index (χ3n) is 4.05. The predicted molar refractivity (Wildman–Crippen MR) is 105 cm³/mol. The molecule has 146 valence electrons. The zero-order valence-corrected chi connectivity index (χ0v) is 16.8. The Labute approximate surface area is 159 Å². The second-order valence-electron chi connectivity index (χ2n) is 6.21. The van der Waals surface area contributed by atoms with Crippen molar-refractivity contribution in [3.8, 4) is 11.5 Å². The monoisotopic (exact) mass is 392 g/mol. The highest BCUT2D eigenvalue weighted by Crippen LogP contribution is 2.29. The number of benzene rings is 2. The Morgan fingerprint density at radius 2 is 1.78 bits per heavy atom. The van der Waals surface area contributed by atoms with Crippen LogP contribution in [0.4, 0.5) is 5.69 Å². The summed E-state index contributed by atoms with van der Waals surface area (Å²) in [7, 11) is -0.312. The molecule has 0 aromatic heterocycles. The summed E-state index contributed by atoms with van der Waals surface area (Å²) in [6.07, 6.45) is 1.07. The van der Waals surface area contributed by atoms with Crippen molar-refractivity contribution in [3.05, 3.63) is 53.1 Å². The van der Waals surface area contributed by atoms with Gasteiger partial charge in [0.2, 0.25) is 10.0 Å². The molecule has 1 amide bonds. The van der Waals surface area contributed by atoms with Crippen molar-refractivity contribution >= 4 is 21.6 Å². The first-order chi connectivity index (χ1) is 12.6. The van der Waals surface area contributed by atoms with Crippen molar-refractivity contribution in [3.63, 3.8) is 0 Å². The van der Waals surface area contributed by atoms with Gasteiger partial charge < -0.3 is 14.8 Å². The number of ether oxygens (including phenoxy) is 2. The van der Waals surface area contributed by atoms with Crippen molar-refractivity contribution in [1.29, 1.82) is 0 Å². The molecule has 0 aliphatic heterocycles. The van der Waals surface area contributed by atoms with Crippen LogP contribution in [0.3, 0.4) is 0 Å². The van der Waals surface area contributed by atoms with Crippen LogP contribution in [0.5, 0.6) is 11.5 Å². The molecule has 8 heteroatoms. The Morgan fingerprint density at radius 3 is 2.37 bits per heavy atom. The van der Waals surface area contributed by atoms with E-state index in [2.05, 4.69) is 10.0 Å². The number of carbonyl (C=O) groups excluding carboxylic acids is 1. The largest absolute Gasteiger partial charge is 0.497 e. The van der Waals surface area contributed by atoms with Crippen molar-refractivity contribution < 1.29 is 22.7 Å². The molecule has 0 aliphatic carbocycles. The van der Waals surface area contributed by atoms with Gasteiger partial charge in [-0.2, -0.15) is 0 Å². The van der Waals surface area contributed by atoms with E-state index in [1.807, 2.05) is 6.92 Å². The summed E-state index contributed by atoms with van der Waals surface area (Å²) in [4.78, 5) is 12.7. The van der Waals surface area contributed by atoms with Crippen LogP contribution in [-0.4, -0.2) is 34.8 Å². The fourth-order valence-electron chi connectivity index (χ4n) is 2.61. The molecule has 1 atom stereocenters. The molecule has 2 rings (SSSR count). The first-order valence-electron chi connectivity index (χ1n) is 8.26. The molecule has 2 aromatic rings. The van der Waals surface area contributed by atoms with Crippen molar-refractivity contribution in [1.82, 2.24) is 5.32 Å². The van der Waals surface area contributed by atoms with Gasteiger partial charge in [0.1, 0.15) is 11.5 Å². The predicted octanol–water partition coefficient (Wildman–Crippen LogP) is 2.87. The maximum atomic E-state index is 12.7. The number of methoxy groups -OCH3 is 2. The maximum absolute atomic E-state index is 12.7. The van der Waals surface area contributed by atoms with E-state index in [0.717, 1.165) is 17.4 Å². The third-order valence-corrected chi connectivity index (χ3v) is 4.64. The quantitative estimate of drug-likeness (QED) is 0.756. The molecular weight excluding hydrogens is 368 g/mol. The minimum absolute atomic E-state index is 0.330. The molecular formula is C19H24N2O5S. The number of sulfonamides is 1. The van der Waals surface area contributed by atoms with Gasteiger partial charge in [-0.1, -0.05) is 6.07 Å². The fraction of sp³-hybridized carbons (Fsp3) is 0.316. The molecule has 2 aromatic carbocycles. The lowest BCUT2D eigenvalue weighted by atomic mass is 10.1. The summed E-state index contributed by atoms with van der Waals surface area (Å²) in [6, 6.07) is 9.86. The summed E-state index contributed by atoms with van der Waals surface area (Å²) >= 11 is 0. The molecule has 0 spiro atoms. The van der Waals surface area contributed by atoms with Gasteiger partial charge in [-0.05, 0) is 49.7 Å². The van der Waals surface area contributed by atoms with E-state index in [1.54, 1.807) is 51.5 Å². The smallest absolute Gasteiger partial charge is 0.251 e. The number of carbonyl (C=O) groups is 1. The number of hydrogen-bond acceptors (Lipinski definition) is 5. The molecule has 2 N–H and O–H groups in total. The van der Waals surface area contributed by atoms with Gasteiger partial charge >= 0.3 is 0 Å². The van der Waals surface area contributed by atoms with Gasteiger partial charge in [-0.25, -0.2) is 8.42 Å². The Morgan fingerprint density at radius 1 is 1.07 bits per heavy atom. The molecule has 0 radical (unpaired) electrons. The van der Waals surface area contributed by atoms with E-state index >= 15 is 0 Å². The highest BCUT2D eigenvalue weighted by Gasteiger charge is 2.17. The van der Waals surface area contributed by atoms with Crippen LogP contribution in [0.2, 0.25) is 0 Å². The molecule has 27 heavy (non-hydrogen) atoms. The first-order valence-corrected chi connectivity index (χ1v) is 10.1. The Kier molecular flexibility index (Phi) is 6.32. The Hall–Kier alpha value is -2.74. The minimum Gasteiger partial charge on any atom is -0.497 e. The topological polar surface area (TPSA) is 93.7 Å². The van der Waals surface area contributed by atoms with Gasteiger partial charge in [0.25, 0.3) is 5.91 Å². The summed E-state index contributed by atoms with van der Waals surface area (Å²) in [6.45, 7) is 3.60. The zero-order chi connectivity index (χ0) is 20.2. The highest BCUT2D eigenvalue weighted by molar-refractivity contribution is 7.92. The number of aryl methyl sites for hydroxylation is 1. The normalized spacial score (nSPS) is 12.2. The maximum Gasteiger partial charge on any atom is 0.251 e. The van der Waals surface area contributed by atoms with Crippen molar-refractivity contribution in [2.24, 2.45) is 0 Å². The van der Waals surface area contributed by atoms with Crippen LogP contribution < -0.4 is 19.5 Å². The minimum atomic E-state index is -3.44. The number of anilines is 1. The van der Waals surface area contributed by atoms with E-state index in [9.17, 15) is 13.2 Å². The van der Waals surface area contributed by atoms with Crippen LogP contribution in [0.15, 0.2) is 36.4 Å². The molecule has 0 heterocycles. The van der Waals surface area contributed by atoms with Gasteiger partial charge in [-0.3, -0.25) is 9.52 Å². The molecule has 0 saturated heterocycles. The van der Waals surface area contributed by atoms with Crippen molar-refractivity contribution in [2.45, 2.75) is 19.9 Å². The average Bonchev–Trinajstić information content (AvgIpc) is 2.61. The number of amides is 1. The summed E-state index contributed by atoms with van der Waals surface area (Å²) < 4.78 is 36.0. The van der Waals surface area contributed by atoms with Crippen LogP contribution in [-0.2, 0) is 10.0 Å². The van der Waals surface area contributed by atoms with Gasteiger partial charge in [0.05, 0.1) is 32.2 Å². The molecule has 0 bridgehead atoms. The van der Waals surface area contributed by atoms with Crippen LogP contribution >= 0.6 is 0 Å². The molecule has 0 fully saturated rings. The van der Waals surface area contributed by atoms with Gasteiger partial charge in [0, 0.05) is 11.1 Å². The summed E-state index contributed by atoms with van der Waals surface area (Å²) in [5, 5.41) is 2.90. The zero-order valence-electron chi connectivity index (χ0n) is 16.0. The fourth-order valence-corrected chi connectivity index (χ4v) is 3.23. The lowest BCUT2D eigenvalue weighted by molar-refractivity contribution is 0.0939. The summed E-state index contributed by atoms with van der Waals surface area (Å²) in [5.41, 5.74) is 2.21. The van der Waals surface area contributed by atoms with E-state index in [4.69, 9.17) is 9.47 Å². The van der Waals surface area contributed by atoms with E-state index in [-0.39, 0.29) is 11.9 Å². The number of nitrogens with one attached hydrogen (secondary N) is 2. The van der Waals surface area contributed by atoms with Crippen LogP contribution in [0.25, 0.3) is 0 Å². The standard InChI is InChI=1S/C19H24N2O5S/c1-12-6-7-14(10-17(12)21-27(5,23)24)19(22)20-13(2)16-11-15(25-3)8-9-18(16)26-4/h6-11,13,21H,1-5H3,(H,20,22). The van der Waals surface area contributed by atoms with Crippen molar-refractivity contribution in [2.75, 3.05) is 25.2 Å². The van der Waals surface area contributed by atoms with Crippen LogP contribution in [0, 0.1) is 6.92 Å². The second-order valence-corrected chi connectivity index (χ2v) is 7.96. The highest BCUT2D eigenvalue weighted by atomic mass is 32.2. The molecule has 1 unspecified atom stereocenters. The van der Waals surface area contributed by atoms with Gasteiger partial charge in [0.15, 0.2) is 0 Å². The molecule has 0 aliphatic rings. The van der Waals surface area contributed by atoms with Crippen LogP contribution in [0.1, 0.15) is 34.5 Å². The average molecular weight is 392 g/mol. The first kappa shape index (κ1) is 20.6.